The number of nitrogens with one attached hydrogen (secondary N) is 1. The van der Waals surface area contributed by atoms with Crippen molar-refractivity contribution in [2.24, 2.45) is 0 Å². The Labute approximate surface area is 140 Å². The highest BCUT2D eigenvalue weighted by Crippen LogP contribution is 2.36. The molecule has 0 heterocycles. The first-order valence-corrected chi connectivity index (χ1v) is 7.79. The number of rotatable bonds is 9. The molecule has 0 aliphatic carbocycles. The lowest BCUT2D eigenvalue weighted by Crippen LogP contribution is -2.33. The summed E-state index contributed by atoms with van der Waals surface area (Å²) < 4.78 is 10.8. The molecule has 1 amide bonds. The number of ether oxygens (including phenoxy) is 2. The predicted octanol–water partition coefficient (Wildman–Crippen LogP) is 3.12. The van der Waals surface area contributed by atoms with Crippen LogP contribution >= 0.6 is 11.6 Å². The van der Waals surface area contributed by atoms with Gasteiger partial charge in [0, 0.05) is 18.0 Å². The molecule has 7 heteroatoms. The van der Waals surface area contributed by atoms with E-state index in [0.717, 1.165) is 6.42 Å². The van der Waals surface area contributed by atoms with E-state index in [0.29, 0.717) is 35.1 Å². The molecule has 0 fully saturated rings. The monoisotopic (exact) mass is 343 g/mol. The molecule has 0 saturated heterocycles. The van der Waals surface area contributed by atoms with E-state index in [9.17, 15) is 9.59 Å². The lowest BCUT2D eigenvalue weighted by Gasteiger charge is -2.16. The van der Waals surface area contributed by atoms with Crippen molar-refractivity contribution in [3.05, 3.63) is 22.7 Å². The van der Waals surface area contributed by atoms with Crippen molar-refractivity contribution in [3.8, 4) is 11.5 Å². The van der Waals surface area contributed by atoms with Crippen LogP contribution in [-0.2, 0) is 4.79 Å². The van der Waals surface area contributed by atoms with Gasteiger partial charge in [-0.1, -0.05) is 18.5 Å². The van der Waals surface area contributed by atoms with Crippen molar-refractivity contribution in [1.82, 2.24) is 5.32 Å². The van der Waals surface area contributed by atoms with Crippen molar-refractivity contribution < 1.29 is 24.2 Å². The Bertz CT molecular complexity index is 562. The predicted molar refractivity (Wildman–Crippen MR) is 87.6 cm³/mol. The molecule has 2 N–H and O–H groups in total. The summed E-state index contributed by atoms with van der Waals surface area (Å²) in [6.07, 6.45) is 1.17. The summed E-state index contributed by atoms with van der Waals surface area (Å²) in [6.45, 7) is 4.22. The maximum atomic E-state index is 12.2. The second-order valence-electron chi connectivity index (χ2n) is 5.14. The molecule has 0 aliphatic heterocycles. The van der Waals surface area contributed by atoms with E-state index in [4.69, 9.17) is 26.2 Å². The zero-order valence-corrected chi connectivity index (χ0v) is 14.3. The average molecular weight is 344 g/mol. The average Bonchev–Trinajstić information content (AvgIpc) is 2.50. The van der Waals surface area contributed by atoms with Crippen LogP contribution in [-0.4, -0.2) is 36.7 Å². The van der Waals surface area contributed by atoms with Gasteiger partial charge in [0.25, 0.3) is 5.91 Å². The third-order valence-corrected chi connectivity index (χ3v) is 3.39. The minimum atomic E-state index is -0.895. The second kappa shape index (κ2) is 9.25. The fourth-order valence-corrected chi connectivity index (χ4v) is 2.18. The Morgan fingerprint density at radius 1 is 1.39 bits per heavy atom. The summed E-state index contributed by atoms with van der Waals surface area (Å²) in [5, 5.41) is 11.7. The van der Waals surface area contributed by atoms with Crippen molar-refractivity contribution in [2.45, 2.75) is 39.2 Å². The van der Waals surface area contributed by atoms with Gasteiger partial charge in [-0.25, -0.2) is 0 Å². The molecule has 23 heavy (non-hydrogen) atoms. The summed E-state index contributed by atoms with van der Waals surface area (Å²) in [7, 11) is 1.47. The van der Waals surface area contributed by atoms with Gasteiger partial charge in [-0.2, -0.15) is 0 Å². The normalized spacial score (nSPS) is 11.7. The number of aliphatic carboxylic acids is 1. The Morgan fingerprint density at radius 2 is 2.09 bits per heavy atom. The lowest BCUT2D eigenvalue weighted by atomic mass is 10.1. The molecule has 0 spiro atoms. The van der Waals surface area contributed by atoms with Crippen LogP contribution in [0.3, 0.4) is 0 Å². The summed E-state index contributed by atoms with van der Waals surface area (Å²) in [4.78, 5) is 22.8. The van der Waals surface area contributed by atoms with E-state index >= 15 is 0 Å². The standard InChI is InChI=1S/C16H22ClNO5/c1-4-7-23-15-12(17)8-11(9-13(15)22-3)16(21)18-10(2)5-6-14(19)20/h8-10H,4-7H2,1-3H3,(H,18,21)(H,19,20). The highest BCUT2D eigenvalue weighted by atomic mass is 35.5. The van der Waals surface area contributed by atoms with Gasteiger partial charge >= 0.3 is 5.97 Å². The molecule has 1 rings (SSSR count). The first-order chi connectivity index (χ1) is 10.9. The highest BCUT2D eigenvalue weighted by Gasteiger charge is 2.17. The number of hydrogen-bond donors (Lipinski definition) is 2. The SMILES string of the molecule is CCCOc1c(Cl)cc(C(=O)NC(C)CCC(=O)O)cc1OC. The van der Waals surface area contributed by atoms with E-state index < -0.39 is 5.97 Å². The largest absolute Gasteiger partial charge is 0.493 e. The number of methoxy groups -OCH3 is 1. The number of hydrogen-bond acceptors (Lipinski definition) is 4. The topological polar surface area (TPSA) is 84.9 Å². The number of halogens is 1. The minimum absolute atomic E-state index is 0.00464. The van der Waals surface area contributed by atoms with E-state index in [1.807, 2.05) is 6.92 Å². The molecule has 1 aromatic carbocycles. The number of benzene rings is 1. The quantitative estimate of drug-likeness (QED) is 0.719. The zero-order valence-electron chi connectivity index (χ0n) is 13.5. The Hall–Kier alpha value is -1.95. The van der Waals surface area contributed by atoms with Crippen LogP contribution in [0, 0.1) is 0 Å². The zero-order chi connectivity index (χ0) is 17.4. The van der Waals surface area contributed by atoms with Crippen LogP contribution in [0.1, 0.15) is 43.5 Å². The molecule has 1 unspecified atom stereocenters. The minimum Gasteiger partial charge on any atom is -0.493 e. The van der Waals surface area contributed by atoms with E-state index in [1.54, 1.807) is 13.0 Å². The van der Waals surface area contributed by atoms with Crippen LogP contribution in [0.25, 0.3) is 0 Å². The first-order valence-electron chi connectivity index (χ1n) is 7.42. The van der Waals surface area contributed by atoms with Gasteiger partial charge in [0.15, 0.2) is 11.5 Å². The smallest absolute Gasteiger partial charge is 0.303 e. The van der Waals surface area contributed by atoms with E-state index in [2.05, 4.69) is 5.32 Å². The van der Waals surface area contributed by atoms with Gasteiger partial charge in [0.2, 0.25) is 0 Å². The summed E-state index contributed by atoms with van der Waals surface area (Å²) in [6, 6.07) is 2.80. The highest BCUT2D eigenvalue weighted by molar-refractivity contribution is 6.32. The molecular weight excluding hydrogens is 322 g/mol. The van der Waals surface area contributed by atoms with Crippen LogP contribution in [0.15, 0.2) is 12.1 Å². The lowest BCUT2D eigenvalue weighted by molar-refractivity contribution is -0.137. The third-order valence-electron chi connectivity index (χ3n) is 3.11. The summed E-state index contributed by atoms with van der Waals surface area (Å²) in [5.41, 5.74) is 0.331. The summed E-state index contributed by atoms with van der Waals surface area (Å²) >= 11 is 6.17. The number of amides is 1. The maximum absolute atomic E-state index is 12.2. The third kappa shape index (κ3) is 5.98. The fourth-order valence-electron chi connectivity index (χ4n) is 1.91. The van der Waals surface area contributed by atoms with Gasteiger partial charge in [-0.3, -0.25) is 9.59 Å². The second-order valence-corrected chi connectivity index (χ2v) is 5.55. The van der Waals surface area contributed by atoms with Crippen LogP contribution in [0.4, 0.5) is 0 Å². The van der Waals surface area contributed by atoms with Gasteiger partial charge in [0.1, 0.15) is 0 Å². The molecule has 1 aromatic rings. The molecular formula is C16H22ClNO5. The number of carbonyl (C=O) groups is 2. The van der Waals surface area contributed by atoms with Gasteiger partial charge in [0.05, 0.1) is 18.7 Å². The molecule has 0 radical (unpaired) electrons. The Kier molecular flexibility index (Phi) is 7.68. The van der Waals surface area contributed by atoms with E-state index in [-0.39, 0.29) is 18.4 Å². The Morgan fingerprint density at radius 3 is 2.65 bits per heavy atom. The molecule has 128 valence electrons. The molecule has 0 aromatic heterocycles. The Balaban J connectivity index is 2.85. The van der Waals surface area contributed by atoms with Crippen molar-refractivity contribution in [3.63, 3.8) is 0 Å². The molecule has 0 aliphatic rings. The van der Waals surface area contributed by atoms with Crippen molar-refractivity contribution in [1.29, 1.82) is 0 Å². The van der Waals surface area contributed by atoms with Crippen LogP contribution in [0.2, 0.25) is 5.02 Å². The number of carboxylic acid groups (broad SMARTS) is 1. The number of carbonyl (C=O) groups excluding carboxylic acids is 1. The van der Waals surface area contributed by atoms with Gasteiger partial charge < -0.3 is 19.9 Å². The first kappa shape index (κ1) is 19.1. The molecule has 1 atom stereocenters. The van der Waals surface area contributed by atoms with Gasteiger partial charge in [-0.05, 0) is 31.9 Å². The van der Waals surface area contributed by atoms with Crippen molar-refractivity contribution in [2.75, 3.05) is 13.7 Å². The maximum Gasteiger partial charge on any atom is 0.303 e. The number of carboxylic acids is 1. The molecule has 0 saturated carbocycles. The van der Waals surface area contributed by atoms with Crippen LogP contribution < -0.4 is 14.8 Å². The van der Waals surface area contributed by atoms with Gasteiger partial charge in [-0.15, -0.1) is 0 Å². The molecule has 6 nitrogen and oxygen atoms in total. The van der Waals surface area contributed by atoms with Crippen LogP contribution in [0.5, 0.6) is 11.5 Å². The molecule has 0 bridgehead atoms. The van der Waals surface area contributed by atoms with Crippen molar-refractivity contribution >= 4 is 23.5 Å². The summed E-state index contributed by atoms with van der Waals surface area (Å²) in [5.74, 6) is -0.445. The fraction of sp³-hybridized carbons (Fsp3) is 0.500. The van der Waals surface area contributed by atoms with E-state index in [1.165, 1.54) is 13.2 Å².